The monoisotopic (exact) mass is 444 g/mol. The standard InChI is InChI=1S/C21H18ClFN4O2S/c22-12-7-15-14(16(23)8-12)5-6-17(15)27(21(29)18-19(24)26-10-30-18)9-11-3-1-2-4-13(11)20(25)28/h1-4,7-8,10,17H,5-6,9,24H2,(H2,25,28)/t17-/m1/s1. The van der Waals surface area contributed by atoms with Gasteiger partial charge in [0.1, 0.15) is 16.5 Å². The molecule has 0 aliphatic heterocycles. The fourth-order valence-corrected chi connectivity index (χ4v) is 4.77. The van der Waals surface area contributed by atoms with Gasteiger partial charge in [-0.25, -0.2) is 9.37 Å². The highest BCUT2D eigenvalue weighted by molar-refractivity contribution is 7.12. The number of carbonyl (C=O) groups excluding carboxylic acids is 2. The highest BCUT2D eigenvalue weighted by Crippen LogP contribution is 2.40. The number of nitrogens with two attached hydrogens (primary N) is 2. The molecule has 1 aliphatic rings. The fraction of sp³-hybridized carbons (Fsp3) is 0.190. The molecular weight excluding hydrogens is 427 g/mol. The summed E-state index contributed by atoms with van der Waals surface area (Å²) in [6.07, 6.45) is 0.998. The maximum atomic E-state index is 14.4. The van der Waals surface area contributed by atoms with Gasteiger partial charge in [0.2, 0.25) is 5.91 Å². The van der Waals surface area contributed by atoms with Gasteiger partial charge in [-0.2, -0.15) is 0 Å². The maximum absolute atomic E-state index is 14.4. The lowest BCUT2D eigenvalue weighted by molar-refractivity contribution is 0.0662. The summed E-state index contributed by atoms with van der Waals surface area (Å²) in [6, 6.07) is 9.36. The Kier molecular flexibility index (Phi) is 5.44. The van der Waals surface area contributed by atoms with Gasteiger partial charge in [0.15, 0.2) is 0 Å². The first-order valence-corrected chi connectivity index (χ1v) is 10.5. The predicted molar refractivity (Wildman–Crippen MR) is 114 cm³/mol. The quantitative estimate of drug-likeness (QED) is 0.622. The molecule has 2 aromatic carbocycles. The van der Waals surface area contributed by atoms with Gasteiger partial charge in [0, 0.05) is 17.1 Å². The molecular formula is C21H18ClFN4O2S. The van der Waals surface area contributed by atoms with Gasteiger partial charge in [-0.1, -0.05) is 29.8 Å². The number of carbonyl (C=O) groups is 2. The van der Waals surface area contributed by atoms with Crippen molar-refractivity contribution in [1.29, 1.82) is 0 Å². The average molecular weight is 445 g/mol. The van der Waals surface area contributed by atoms with Crippen LogP contribution in [0.2, 0.25) is 5.02 Å². The molecule has 30 heavy (non-hydrogen) atoms. The van der Waals surface area contributed by atoms with Crippen LogP contribution >= 0.6 is 22.9 Å². The molecule has 0 spiro atoms. The summed E-state index contributed by atoms with van der Waals surface area (Å²) in [7, 11) is 0. The summed E-state index contributed by atoms with van der Waals surface area (Å²) in [4.78, 5) is 31.2. The van der Waals surface area contributed by atoms with Crippen molar-refractivity contribution in [3.63, 3.8) is 0 Å². The Bertz CT molecular complexity index is 1150. The van der Waals surface area contributed by atoms with Crippen LogP contribution in [0.4, 0.5) is 10.2 Å². The van der Waals surface area contributed by atoms with E-state index in [0.29, 0.717) is 40.0 Å². The first kappa shape index (κ1) is 20.3. The first-order valence-electron chi connectivity index (χ1n) is 9.22. The average Bonchev–Trinajstić information content (AvgIpc) is 3.32. The van der Waals surface area contributed by atoms with Crippen molar-refractivity contribution in [2.75, 3.05) is 5.73 Å². The topological polar surface area (TPSA) is 102 Å². The molecule has 0 saturated heterocycles. The van der Waals surface area contributed by atoms with Crippen molar-refractivity contribution < 1.29 is 14.0 Å². The molecule has 4 rings (SSSR count). The van der Waals surface area contributed by atoms with E-state index in [0.717, 1.165) is 11.3 Å². The highest BCUT2D eigenvalue weighted by Gasteiger charge is 2.35. The molecule has 1 atom stereocenters. The van der Waals surface area contributed by atoms with E-state index in [1.165, 1.54) is 11.6 Å². The number of halogens is 2. The van der Waals surface area contributed by atoms with Crippen molar-refractivity contribution in [3.05, 3.63) is 79.9 Å². The van der Waals surface area contributed by atoms with Gasteiger partial charge in [-0.3, -0.25) is 9.59 Å². The van der Waals surface area contributed by atoms with Crippen LogP contribution in [0.5, 0.6) is 0 Å². The number of amides is 2. The Morgan fingerprint density at radius 3 is 2.77 bits per heavy atom. The molecule has 0 fully saturated rings. The Morgan fingerprint density at radius 2 is 2.07 bits per heavy atom. The molecule has 1 aliphatic carbocycles. The summed E-state index contributed by atoms with van der Waals surface area (Å²) in [6.45, 7) is 0.105. The van der Waals surface area contributed by atoms with Gasteiger partial charge in [-0.15, -0.1) is 11.3 Å². The zero-order chi connectivity index (χ0) is 21.4. The van der Waals surface area contributed by atoms with E-state index in [2.05, 4.69) is 4.98 Å². The number of hydrogen-bond donors (Lipinski definition) is 2. The second-order valence-electron chi connectivity index (χ2n) is 7.03. The maximum Gasteiger partial charge on any atom is 0.268 e. The summed E-state index contributed by atoms with van der Waals surface area (Å²) in [5, 5.41) is 0.264. The van der Waals surface area contributed by atoms with E-state index in [4.69, 9.17) is 23.1 Å². The second kappa shape index (κ2) is 8.04. The van der Waals surface area contributed by atoms with Gasteiger partial charge < -0.3 is 16.4 Å². The lowest BCUT2D eigenvalue weighted by Crippen LogP contribution is -2.34. The minimum absolute atomic E-state index is 0.105. The number of primary amides is 1. The number of thiazole rings is 1. The zero-order valence-electron chi connectivity index (χ0n) is 15.8. The molecule has 154 valence electrons. The number of benzene rings is 2. The predicted octanol–water partition coefficient (Wildman–Crippen LogP) is 3.95. The van der Waals surface area contributed by atoms with Gasteiger partial charge >= 0.3 is 0 Å². The van der Waals surface area contributed by atoms with E-state index in [1.54, 1.807) is 35.2 Å². The molecule has 0 bridgehead atoms. The minimum atomic E-state index is -0.587. The third-order valence-corrected chi connectivity index (χ3v) is 6.32. The van der Waals surface area contributed by atoms with Crippen molar-refractivity contribution >= 4 is 40.6 Å². The van der Waals surface area contributed by atoms with Crippen molar-refractivity contribution in [2.24, 2.45) is 5.73 Å². The van der Waals surface area contributed by atoms with E-state index < -0.39 is 11.9 Å². The smallest absolute Gasteiger partial charge is 0.268 e. The number of nitrogens with zero attached hydrogens (tertiary/aromatic N) is 2. The SMILES string of the molecule is NC(=O)c1ccccc1CN(C(=O)c1scnc1N)[C@@H]1CCc2c(F)cc(Cl)cc21. The number of nitrogen functional groups attached to an aromatic ring is 1. The van der Waals surface area contributed by atoms with Crippen LogP contribution in [-0.4, -0.2) is 21.7 Å². The molecule has 0 radical (unpaired) electrons. The zero-order valence-corrected chi connectivity index (χ0v) is 17.3. The molecule has 1 heterocycles. The molecule has 6 nitrogen and oxygen atoms in total. The minimum Gasteiger partial charge on any atom is -0.382 e. The molecule has 1 aromatic heterocycles. The third-order valence-electron chi connectivity index (χ3n) is 5.27. The second-order valence-corrected chi connectivity index (χ2v) is 8.32. The van der Waals surface area contributed by atoms with Gasteiger partial charge in [0.25, 0.3) is 5.91 Å². The molecule has 9 heteroatoms. The number of anilines is 1. The van der Waals surface area contributed by atoms with Crippen LogP contribution in [0.1, 0.15) is 49.2 Å². The first-order chi connectivity index (χ1) is 14.4. The molecule has 2 amide bonds. The van der Waals surface area contributed by atoms with Crippen LogP contribution in [0.3, 0.4) is 0 Å². The normalized spacial score (nSPS) is 15.1. The number of hydrogen-bond acceptors (Lipinski definition) is 5. The summed E-state index contributed by atoms with van der Waals surface area (Å²) < 4.78 is 14.4. The van der Waals surface area contributed by atoms with Crippen LogP contribution in [0.25, 0.3) is 0 Å². The molecule has 0 unspecified atom stereocenters. The van der Waals surface area contributed by atoms with Crippen LogP contribution in [0.15, 0.2) is 41.9 Å². The Labute approximate surface area is 181 Å². The Hall–Kier alpha value is -2.97. The summed E-state index contributed by atoms with van der Waals surface area (Å²) in [5.41, 5.74) is 15.0. The van der Waals surface area contributed by atoms with Crippen molar-refractivity contribution in [2.45, 2.75) is 25.4 Å². The number of aromatic nitrogens is 1. The number of rotatable bonds is 5. The van der Waals surface area contributed by atoms with E-state index >= 15 is 0 Å². The van der Waals surface area contributed by atoms with Crippen molar-refractivity contribution in [1.82, 2.24) is 9.88 Å². The lowest BCUT2D eigenvalue weighted by atomic mass is 10.0. The van der Waals surface area contributed by atoms with Crippen LogP contribution in [-0.2, 0) is 13.0 Å². The van der Waals surface area contributed by atoms with Crippen LogP contribution in [0, 0.1) is 5.82 Å². The van der Waals surface area contributed by atoms with Gasteiger partial charge in [0.05, 0.1) is 11.6 Å². The Morgan fingerprint density at radius 1 is 1.30 bits per heavy atom. The van der Waals surface area contributed by atoms with E-state index in [1.807, 2.05) is 0 Å². The largest absolute Gasteiger partial charge is 0.382 e. The highest BCUT2D eigenvalue weighted by atomic mass is 35.5. The molecule has 0 saturated carbocycles. The van der Waals surface area contributed by atoms with E-state index in [-0.39, 0.29) is 29.1 Å². The van der Waals surface area contributed by atoms with Crippen molar-refractivity contribution in [3.8, 4) is 0 Å². The summed E-state index contributed by atoms with van der Waals surface area (Å²) in [5.74, 6) is -1.18. The fourth-order valence-electron chi connectivity index (χ4n) is 3.90. The van der Waals surface area contributed by atoms with Gasteiger partial charge in [-0.05, 0) is 47.7 Å². The molecule has 3 aromatic rings. The lowest BCUT2D eigenvalue weighted by Gasteiger charge is -2.30. The van der Waals surface area contributed by atoms with Crippen LogP contribution < -0.4 is 11.5 Å². The molecule has 4 N–H and O–H groups in total. The summed E-state index contributed by atoms with van der Waals surface area (Å²) >= 11 is 7.23. The third kappa shape index (κ3) is 3.64. The van der Waals surface area contributed by atoms with E-state index in [9.17, 15) is 14.0 Å². The number of fused-ring (bicyclic) bond motifs is 1. The Balaban J connectivity index is 1.80.